The van der Waals surface area contributed by atoms with Gasteiger partial charge < -0.3 is 9.32 Å². The Bertz CT molecular complexity index is 705. The predicted molar refractivity (Wildman–Crippen MR) is 91.4 cm³/mol. The fourth-order valence-electron chi connectivity index (χ4n) is 2.66. The van der Waals surface area contributed by atoms with E-state index in [4.69, 9.17) is 4.42 Å². The zero-order chi connectivity index (χ0) is 15.9. The number of carbonyl (C=O) groups is 1. The van der Waals surface area contributed by atoms with E-state index in [0.717, 1.165) is 30.8 Å². The first-order valence-corrected chi connectivity index (χ1v) is 7.68. The van der Waals surface area contributed by atoms with Crippen LogP contribution in [0.15, 0.2) is 58.3 Å². The van der Waals surface area contributed by atoms with E-state index in [-0.39, 0.29) is 5.91 Å². The van der Waals surface area contributed by atoms with Gasteiger partial charge >= 0.3 is 0 Å². The lowest BCUT2D eigenvalue weighted by Crippen LogP contribution is -2.38. The highest BCUT2D eigenvalue weighted by atomic mass is 16.3. The summed E-state index contributed by atoms with van der Waals surface area (Å²) < 4.78 is 5.15. The van der Waals surface area contributed by atoms with Gasteiger partial charge in [-0.15, -0.1) is 0 Å². The third-order valence-electron chi connectivity index (χ3n) is 3.69. The predicted octanol–water partition coefficient (Wildman–Crippen LogP) is 2.85. The molecule has 0 radical (unpaired) electrons. The third-order valence-corrected chi connectivity index (χ3v) is 3.69. The molecule has 23 heavy (non-hydrogen) atoms. The molecule has 0 atom stereocenters. The van der Waals surface area contributed by atoms with Gasteiger partial charge in [0, 0.05) is 18.4 Å². The zero-order valence-electron chi connectivity index (χ0n) is 12.8. The number of carbonyl (C=O) groups excluding carboxylic acids is 1. The summed E-state index contributed by atoms with van der Waals surface area (Å²) >= 11 is 0. The Morgan fingerprint density at radius 3 is 3.09 bits per heavy atom. The molecule has 0 bridgehead atoms. The molecule has 1 aliphatic heterocycles. The van der Waals surface area contributed by atoms with Gasteiger partial charge in [0.2, 0.25) is 0 Å². The number of hydrazone groups is 1. The van der Waals surface area contributed by atoms with E-state index in [0.29, 0.717) is 6.54 Å². The fraction of sp³-hybridized carbons (Fsp3) is 0.222. The lowest BCUT2D eigenvalue weighted by Gasteiger charge is -2.30. The average molecular weight is 309 g/mol. The summed E-state index contributed by atoms with van der Waals surface area (Å²) in [6.07, 6.45) is 8.77. The first-order chi connectivity index (χ1) is 11.3. The molecule has 1 aliphatic rings. The second-order valence-electron chi connectivity index (χ2n) is 5.34. The third kappa shape index (κ3) is 4.10. The van der Waals surface area contributed by atoms with Crippen molar-refractivity contribution in [2.24, 2.45) is 5.10 Å². The molecule has 5 heteroatoms. The van der Waals surface area contributed by atoms with E-state index in [1.54, 1.807) is 18.4 Å². The van der Waals surface area contributed by atoms with E-state index in [2.05, 4.69) is 27.6 Å². The molecule has 0 saturated heterocycles. The molecule has 0 unspecified atom stereocenters. The minimum absolute atomic E-state index is 0.121. The van der Waals surface area contributed by atoms with E-state index in [1.165, 1.54) is 11.8 Å². The van der Waals surface area contributed by atoms with Crippen molar-refractivity contribution in [3.8, 4) is 0 Å². The number of anilines is 1. The molecule has 0 aliphatic carbocycles. The van der Waals surface area contributed by atoms with Crippen LogP contribution in [0.4, 0.5) is 5.69 Å². The van der Waals surface area contributed by atoms with Gasteiger partial charge in [0.25, 0.3) is 5.91 Å². The summed E-state index contributed by atoms with van der Waals surface area (Å²) in [4.78, 5) is 14.1. The molecule has 2 heterocycles. The van der Waals surface area contributed by atoms with Crippen molar-refractivity contribution in [2.75, 3.05) is 18.0 Å². The van der Waals surface area contributed by atoms with Crippen LogP contribution in [0, 0.1) is 0 Å². The van der Waals surface area contributed by atoms with Crippen LogP contribution in [0.25, 0.3) is 6.08 Å². The minimum atomic E-state index is -0.121. The van der Waals surface area contributed by atoms with Crippen LogP contribution in [0.2, 0.25) is 0 Å². The monoisotopic (exact) mass is 309 g/mol. The van der Waals surface area contributed by atoms with E-state index < -0.39 is 0 Å². The lowest BCUT2D eigenvalue weighted by atomic mass is 10.0. The van der Waals surface area contributed by atoms with Gasteiger partial charge in [0.1, 0.15) is 5.76 Å². The topological polar surface area (TPSA) is 57.8 Å². The van der Waals surface area contributed by atoms with E-state index >= 15 is 0 Å². The zero-order valence-corrected chi connectivity index (χ0v) is 12.8. The summed E-state index contributed by atoms with van der Waals surface area (Å²) in [6.45, 7) is 1.21. The Morgan fingerprint density at radius 2 is 2.22 bits per heavy atom. The Balaban J connectivity index is 1.50. The van der Waals surface area contributed by atoms with E-state index in [1.807, 2.05) is 24.3 Å². The molecule has 0 fully saturated rings. The van der Waals surface area contributed by atoms with Crippen molar-refractivity contribution in [3.05, 3.63) is 60.1 Å². The molecule has 1 aromatic carbocycles. The van der Waals surface area contributed by atoms with Gasteiger partial charge in [-0.3, -0.25) is 4.79 Å². The number of nitrogens with one attached hydrogen (secondary N) is 1. The summed E-state index contributed by atoms with van der Waals surface area (Å²) in [5.74, 6) is 0.622. The maximum Gasteiger partial charge on any atom is 0.259 e. The second-order valence-corrected chi connectivity index (χ2v) is 5.34. The van der Waals surface area contributed by atoms with Gasteiger partial charge in [-0.25, -0.2) is 5.43 Å². The Labute approximate surface area is 135 Å². The van der Waals surface area contributed by atoms with Crippen LogP contribution in [0.1, 0.15) is 17.7 Å². The van der Waals surface area contributed by atoms with Crippen LogP contribution < -0.4 is 10.3 Å². The Hall–Kier alpha value is -2.82. The maximum atomic E-state index is 12.0. The molecule has 1 N–H and O–H groups in total. The highest BCUT2D eigenvalue weighted by Crippen LogP contribution is 2.26. The van der Waals surface area contributed by atoms with Gasteiger partial charge in [0.15, 0.2) is 0 Å². The SMILES string of the molecule is O=C(CN1CCCc2ccccc21)N/N=C/C=C/c1ccco1. The number of nitrogens with zero attached hydrogens (tertiary/aromatic N) is 2. The smallest absolute Gasteiger partial charge is 0.259 e. The Kier molecular flexibility index (Phi) is 4.88. The molecule has 5 nitrogen and oxygen atoms in total. The van der Waals surface area contributed by atoms with Crippen LogP contribution in [-0.4, -0.2) is 25.2 Å². The van der Waals surface area contributed by atoms with Crippen molar-refractivity contribution in [1.29, 1.82) is 0 Å². The van der Waals surface area contributed by atoms with Crippen LogP contribution >= 0.6 is 0 Å². The highest BCUT2D eigenvalue weighted by Gasteiger charge is 2.18. The molecular formula is C18H19N3O2. The first-order valence-electron chi connectivity index (χ1n) is 7.68. The van der Waals surface area contributed by atoms with Gasteiger partial charge in [0.05, 0.1) is 12.8 Å². The number of hydrogen-bond acceptors (Lipinski definition) is 4. The molecule has 1 aromatic heterocycles. The molecule has 0 saturated carbocycles. The highest BCUT2D eigenvalue weighted by molar-refractivity contribution is 5.84. The molecule has 1 amide bonds. The summed E-state index contributed by atoms with van der Waals surface area (Å²) in [7, 11) is 0. The van der Waals surface area contributed by atoms with Crippen molar-refractivity contribution < 1.29 is 9.21 Å². The van der Waals surface area contributed by atoms with Crippen LogP contribution in [0.5, 0.6) is 0 Å². The van der Waals surface area contributed by atoms with Gasteiger partial charge in [-0.2, -0.15) is 5.10 Å². The molecule has 3 rings (SSSR count). The van der Waals surface area contributed by atoms with Gasteiger partial charge in [-0.1, -0.05) is 18.2 Å². The minimum Gasteiger partial charge on any atom is -0.465 e. The molecule has 118 valence electrons. The number of allylic oxidation sites excluding steroid dienone is 1. The normalized spacial score (nSPS) is 14.3. The number of rotatable bonds is 5. The lowest BCUT2D eigenvalue weighted by molar-refractivity contribution is -0.119. The molecule has 0 spiro atoms. The van der Waals surface area contributed by atoms with Gasteiger partial charge in [-0.05, 0) is 48.8 Å². The number of benzene rings is 1. The van der Waals surface area contributed by atoms with Crippen molar-refractivity contribution in [2.45, 2.75) is 12.8 Å². The maximum absolute atomic E-state index is 12.0. The molecule has 2 aromatic rings. The van der Waals surface area contributed by atoms with Crippen molar-refractivity contribution >= 4 is 23.9 Å². The standard InChI is InChI=1S/C18H19N3O2/c22-18(20-19-11-3-8-16-9-5-13-23-16)14-21-12-4-7-15-6-1-2-10-17(15)21/h1-3,5-6,8-11,13H,4,7,12,14H2,(H,20,22)/b8-3+,19-11+. The largest absolute Gasteiger partial charge is 0.465 e. The fourth-order valence-corrected chi connectivity index (χ4v) is 2.66. The number of fused-ring (bicyclic) bond motifs is 1. The van der Waals surface area contributed by atoms with Crippen molar-refractivity contribution in [3.63, 3.8) is 0 Å². The van der Waals surface area contributed by atoms with Crippen LogP contribution in [-0.2, 0) is 11.2 Å². The average Bonchev–Trinajstić information content (AvgIpc) is 3.08. The molecular weight excluding hydrogens is 290 g/mol. The quantitative estimate of drug-likeness (QED) is 0.682. The number of hydrogen-bond donors (Lipinski definition) is 1. The second kappa shape index (κ2) is 7.45. The summed E-state index contributed by atoms with van der Waals surface area (Å²) in [5.41, 5.74) is 5.00. The van der Waals surface area contributed by atoms with Crippen molar-refractivity contribution in [1.82, 2.24) is 5.43 Å². The van der Waals surface area contributed by atoms with E-state index in [9.17, 15) is 4.79 Å². The number of aryl methyl sites for hydroxylation is 1. The summed E-state index contributed by atoms with van der Waals surface area (Å²) in [5, 5.41) is 3.91. The number of amides is 1. The van der Waals surface area contributed by atoms with Crippen LogP contribution in [0.3, 0.4) is 0 Å². The summed E-state index contributed by atoms with van der Waals surface area (Å²) in [6, 6.07) is 11.9. The Morgan fingerprint density at radius 1 is 1.30 bits per heavy atom. The first kappa shape index (κ1) is 15.1. The number of furan rings is 1. The number of para-hydroxylation sites is 1.